The molecule has 0 spiro atoms. The number of hydrogen-bond acceptors (Lipinski definition) is 4. The quantitative estimate of drug-likeness (QED) is 0.538. The first-order chi connectivity index (χ1) is 7.63. The van der Waals surface area contributed by atoms with E-state index in [0.29, 0.717) is 11.3 Å². The monoisotopic (exact) mass is 219 g/mol. The third-order valence-corrected chi connectivity index (χ3v) is 1.67. The highest BCUT2D eigenvalue weighted by molar-refractivity contribution is 5.95. The number of carbonyl (C=O) groups is 2. The SMILES string of the molecule is N#CNC(=O)c1ccc(OCC(N)=O)cc1. The molecule has 2 amide bonds. The number of rotatable bonds is 4. The maximum atomic E-state index is 11.2. The number of benzene rings is 1. The van der Waals surface area contributed by atoms with Crippen LogP contribution < -0.4 is 15.8 Å². The van der Waals surface area contributed by atoms with Gasteiger partial charge in [-0.2, -0.15) is 5.26 Å². The lowest BCUT2D eigenvalue weighted by molar-refractivity contribution is -0.119. The van der Waals surface area contributed by atoms with E-state index >= 15 is 0 Å². The minimum absolute atomic E-state index is 0.219. The molecular formula is C10H9N3O3. The van der Waals surface area contributed by atoms with Crippen LogP contribution in [0.2, 0.25) is 0 Å². The van der Waals surface area contributed by atoms with Crippen LogP contribution in [-0.2, 0) is 4.79 Å². The van der Waals surface area contributed by atoms with Gasteiger partial charge in [0.1, 0.15) is 5.75 Å². The molecule has 3 N–H and O–H groups in total. The van der Waals surface area contributed by atoms with Gasteiger partial charge in [0.15, 0.2) is 12.8 Å². The molecule has 0 atom stereocenters. The van der Waals surface area contributed by atoms with Gasteiger partial charge >= 0.3 is 0 Å². The third kappa shape index (κ3) is 3.31. The molecule has 0 aliphatic carbocycles. The van der Waals surface area contributed by atoms with E-state index in [1.54, 1.807) is 0 Å². The van der Waals surface area contributed by atoms with Gasteiger partial charge in [-0.15, -0.1) is 0 Å². The summed E-state index contributed by atoms with van der Waals surface area (Å²) in [6, 6.07) is 5.97. The number of primary amides is 1. The van der Waals surface area contributed by atoms with Crippen molar-refractivity contribution in [3.63, 3.8) is 0 Å². The van der Waals surface area contributed by atoms with Crippen molar-refractivity contribution in [1.82, 2.24) is 5.32 Å². The van der Waals surface area contributed by atoms with E-state index in [0.717, 1.165) is 0 Å². The summed E-state index contributed by atoms with van der Waals surface area (Å²) in [5, 5.41) is 10.2. The number of nitriles is 1. The highest BCUT2D eigenvalue weighted by Crippen LogP contribution is 2.11. The highest BCUT2D eigenvalue weighted by atomic mass is 16.5. The minimum atomic E-state index is -0.577. The molecule has 1 rings (SSSR count). The van der Waals surface area contributed by atoms with Gasteiger partial charge in [-0.25, -0.2) is 0 Å². The lowest BCUT2D eigenvalue weighted by Gasteiger charge is -2.03. The lowest BCUT2D eigenvalue weighted by atomic mass is 10.2. The number of carbonyl (C=O) groups excluding carboxylic acids is 2. The molecule has 0 aromatic heterocycles. The average Bonchev–Trinajstić information content (AvgIpc) is 2.27. The highest BCUT2D eigenvalue weighted by Gasteiger charge is 2.04. The third-order valence-electron chi connectivity index (χ3n) is 1.67. The Morgan fingerprint density at radius 1 is 1.38 bits per heavy atom. The fourth-order valence-electron chi connectivity index (χ4n) is 0.980. The van der Waals surface area contributed by atoms with Gasteiger partial charge in [0.2, 0.25) is 0 Å². The van der Waals surface area contributed by atoms with Crippen LogP contribution in [0, 0.1) is 11.5 Å². The summed E-state index contributed by atoms with van der Waals surface area (Å²) < 4.78 is 4.99. The Hall–Kier alpha value is -2.55. The smallest absolute Gasteiger partial charge is 0.264 e. The Kier molecular flexibility index (Phi) is 3.86. The zero-order valence-electron chi connectivity index (χ0n) is 8.27. The van der Waals surface area contributed by atoms with Crippen LogP contribution in [0.25, 0.3) is 0 Å². The fourth-order valence-corrected chi connectivity index (χ4v) is 0.980. The topological polar surface area (TPSA) is 105 Å². The Morgan fingerprint density at radius 3 is 2.50 bits per heavy atom. The van der Waals surface area contributed by atoms with Crippen molar-refractivity contribution in [3.8, 4) is 11.9 Å². The number of nitrogens with zero attached hydrogens (tertiary/aromatic N) is 1. The second-order valence-electron chi connectivity index (χ2n) is 2.85. The molecule has 0 saturated heterocycles. The molecule has 82 valence electrons. The molecule has 6 nitrogen and oxygen atoms in total. The summed E-state index contributed by atoms with van der Waals surface area (Å²) in [6.45, 7) is -0.219. The molecule has 0 saturated carbocycles. The molecule has 0 bridgehead atoms. The minimum Gasteiger partial charge on any atom is -0.484 e. The van der Waals surface area contributed by atoms with Crippen LogP contribution in [0.4, 0.5) is 0 Å². The van der Waals surface area contributed by atoms with Crippen LogP contribution >= 0.6 is 0 Å². The average molecular weight is 219 g/mol. The fraction of sp³-hybridized carbons (Fsp3) is 0.100. The van der Waals surface area contributed by atoms with Crippen molar-refractivity contribution in [2.75, 3.05) is 6.61 Å². The maximum absolute atomic E-state index is 11.2. The maximum Gasteiger partial charge on any atom is 0.264 e. The summed E-state index contributed by atoms with van der Waals surface area (Å²) in [5.74, 6) is -0.650. The summed E-state index contributed by atoms with van der Waals surface area (Å²) in [4.78, 5) is 21.6. The second kappa shape index (κ2) is 5.36. The first-order valence-corrected chi connectivity index (χ1v) is 4.34. The van der Waals surface area contributed by atoms with Gasteiger partial charge in [0.25, 0.3) is 11.8 Å². The molecule has 0 radical (unpaired) electrons. The van der Waals surface area contributed by atoms with Gasteiger partial charge in [-0.1, -0.05) is 0 Å². The molecule has 0 aliphatic rings. The van der Waals surface area contributed by atoms with Gasteiger partial charge in [0.05, 0.1) is 0 Å². The van der Waals surface area contributed by atoms with Gasteiger partial charge < -0.3 is 10.5 Å². The first-order valence-electron chi connectivity index (χ1n) is 4.34. The van der Waals surface area contributed by atoms with E-state index in [-0.39, 0.29) is 6.61 Å². The molecule has 1 aromatic carbocycles. The second-order valence-corrected chi connectivity index (χ2v) is 2.85. The zero-order chi connectivity index (χ0) is 12.0. The molecule has 6 heteroatoms. The normalized spacial score (nSPS) is 8.94. The number of nitrogens with two attached hydrogens (primary N) is 1. The zero-order valence-corrected chi connectivity index (χ0v) is 8.27. The van der Waals surface area contributed by atoms with Crippen molar-refractivity contribution in [2.45, 2.75) is 0 Å². The van der Waals surface area contributed by atoms with Gasteiger partial charge in [-0.3, -0.25) is 14.9 Å². The van der Waals surface area contributed by atoms with Crippen LogP contribution in [0.5, 0.6) is 5.75 Å². The Morgan fingerprint density at radius 2 is 2.00 bits per heavy atom. The van der Waals surface area contributed by atoms with Crippen LogP contribution in [-0.4, -0.2) is 18.4 Å². The summed E-state index contributed by atoms with van der Waals surface area (Å²) in [6.07, 6.45) is 1.53. The van der Waals surface area contributed by atoms with Crippen LogP contribution in [0.3, 0.4) is 0 Å². The van der Waals surface area contributed by atoms with E-state index in [1.165, 1.54) is 30.5 Å². The van der Waals surface area contributed by atoms with Crippen molar-refractivity contribution in [1.29, 1.82) is 5.26 Å². The first kappa shape index (κ1) is 11.5. The Bertz CT molecular complexity index is 434. The molecule has 0 aliphatic heterocycles. The van der Waals surface area contributed by atoms with Crippen molar-refractivity contribution in [3.05, 3.63) is 29.8 Å². The molecular weight excluding hydrogens is 210 g/mol. The van der Waals surface area contributed by atoms with E-state index in [9.17, 15) is 9.59 Å². The predicted octanol–water partition coefficient (Wildman–Crippen LogP) is -0.238. The van der Waals surface area contributed by atoms with Gasteiger partial charge in [-0.05, 0) is 24.3 Å². The summed E-state index contributed by atoms with van der Waals surface area (Å²) in [5.41, 5.74) is 5.22. The number of nitrogens with one attached hydrogen (secondary N) is 1. The standard InChI is InChI=1S/C10H9N3O3/c11-6-13-10(15)7-1-3-8(4-2-7)16-5-9(12)14/h1-4H,5H2,(H2,12,14)(H,13,15). The molecule has 0 unspecified atom stereocenters. The number of hydrogen-bond donors (Lipinski definition) is 2. The molecule has 16 heavy (non-hydrogen) atoms. The Balaban J connectivity index is 2.65. The van der Waals surface area contributed by atoms with Crippen LogP contribution in [0.15, 0.2) is 24.3 Å². The van der Waals surface area contributed by atoms with Crippen molar-refractivity contribution < 1.29 is 14.3 Å². The van der Waals surface area contributed by atoms with E-state index in [4.69, 9.17) is 15.7 Å². The summed E-state index contributed by atoms with van der Waals surface area (Å²) in [7, 11) is 0. The van der Waals surface area contributed by atoms with E-state index in [1.807, 2.05) is 5.32 Å². The number of ether oxygens (including phenoxy) is 1. The van der Waals surface area contributed by atoms with Gasteiger partial charge in [0, 0.05) is 5.56 Å². The van der Waals surface area contributed by atoms with Crippen molar-refractivity contribution in [2.24, 2.45) is 5.73 Å². The van der Waals surface area contributed by atoms with E-state index < -0.39 is 11.8 Å². The number of amides is 2. The largest absolute Gasteiger partial charge is 0.484 e. The van der Waals surface area contributed by atoms with Crippen molar-refractivity contribution >= 4 is 11.8 Å². The molecule has 1 aromatic rings. The predicted molar refractivity (Wildman–Crippen MR) is 54.2 cm³/mol. The van der Waals surface area contributed by atoms with E-state index in [2.05, 4.69) is 0 Å². The van der Waals surface area contributed by atoms with Crippen LogP contribution in [0.1, 0.15) is 10.4 Å². The summed E-state index contributed by atoms with van der Waals surface area (Å²) >= 11 is 0. The Labute approximate surface area is 91.6 Å². The lowest BCUT2D eigenvalue weighted by Crippen LogP contribution is -2.20. The molecule has 0 fully saturated rings. The molecule has 0 heterocycles.